The van der Waals surface area contributed by atoms with Crippen molar-refractivity contribution in [3.8, 4) is 0 Å². The highest BCUT2D eigenvalue weighted by molar-refractivity contribution is 5.94. The molecule has 1 rings (SSSR count). The third-order valence-corrected chi connectivity index (χ3v) is 2.14. The number of aliphatic hydroxyl groups is 1. The number of aliphatic carboxylic acids is 1. The van der Waals surface area contributed by atoms with Crippen molar-refractivity contribution in [1.82, 2.24) is 5.32 Å². The first kappa shape index (κ1) is 13.7. The average molecular weight is 250 g/mol. The van der Waals surface area contributed by atoms with Crippen LogP contribution in [-0.4, -0.2) is 34.7 Å². The molecule has 0 bridgehead atoms. The van der Waals surface area contributed by atoms with Crippen molar-refractivity contribution >= 4 is 23.6 Å². The molecule has 6 heteroatoms. The van der Waals surface area contributed by atoms with Crippen molar-refractivity contribution < 1.29 is 19.8 Å². The highest BCUT2D eigenvalue weighted by Crippen LogP contribution is 2.07. The molecule has 1 aromatic rings. The lowest BCUT2D eigenvalue weighted by atomic mass is 10.2. The molecule has 5 N–H and O–H groups in total. The number of benzene rings is 1. The van der Waals surface area contributed by atoms with Gasteiger partial charge in [-0.2, -0.15) is 0 Å². The van der Waals surface area contributed by atoms with Crippen LogP contribution in [0.1, 0.15) is 5.56 Å². The van der Waals surface area contributed by atoms with Gasteiger partial charge in [-0.25, -0.2) is 4.79 Å². The molecule has 1 atom stereocenters. The summed E-state index contributed by atoms with van der Waals surface area (Å²) in [5.41, 5.74) is 6.85. The molecule has 0 fully saturated rings. The van der Waals surface area contributed by atoms with E-state index in [1.165, 1.54) is 12.2 Å². The maximum atomic E-state index is 11.4. The Labute approximate surface area is 104 Å². The lowest BCUT2D eigenvalue weighted by molar-refractivity contribution is -0.142. The number of nitrogens with one attached hydrogen (secondary N) is 1. The van der Waals surface area contributed by atoms with Gasteiger partial charge in [0, 0.05) is 11.8 Å². The van der Waals surface area contributed by atoms with Crippen LogP contribution in [0.3, 0.4) is 0 Å². The molecule has 6 nitrogen and oxygen atoms in total. The van der Waals surface area contributed by atoms with Gasteiger partial charge in [0.1, 0.15) is 0 Å². The molecule has 0 aliphatic heterocycles. The van der Waals surface area contributed by atoms with Crippen molar-refractivity contribution in [2.45, 2.75) is 6.04 Å². The number of carboxylic acids is 1. The average Bonchev–Trinajstić information content (AvgIpc) is 2.33. The number of nitrogen functional groups attached to an aromatic ring is 1. The third-order valence-electron chi connectivity index (χ3n) is 2.14. The summed E-state index contributed by atoms with van der Waals surface area (Å²) >= 11 is 0. The molecule has 1 amide bonds. The first-order valence-corrected chi connectivity index (χ1v) is 5.20. The molecule has 0 saturated carbocycles. The topological polar surface area (TPSA) is 113 Å². The first-order chi connectivity index (χ1) is 8.52. The van der Waals surface area contributed by atoms with Crippen molar-refractivity contribution in [3.63, 3.8) is 0 Å². The Morgan fingerprint density at radius 2 is 2.17 bits per heavy atom. The minimum Gasteiger partial charge on any atom is -0.480 e. The highest BCUT2D eigenvalue weighted by Gasteiger charge is 2.16. The Morgan fingerprint density at radius 1 is 1.44 bits per heavy atom. The van der Waals surface area contributed by atoms with Gasteiger partial charge in [0.05, 0.1) is 6.61 Å². The Balaban J connectivity index is 2.62. The Hall–Kier alpha value is -2.34. The van der Waals surface area contributed by atoms with E-state index < -0.39 is 24.5 Å². The number of anilines is 1. The summed E-state index contributed by atoms with van der Waals surface area (Å²) in [6.45, 7) is -0.660. The summed E-state index contributed by atoms with van der Waals surface area (Å²) in [7, 11) is 0. The van der Waals surface area contributed by atoms with E-state index in [2.05, 4.69) is 5.32 Å². The Kier molecular flexibility index (Phi) is 4.89. The van der Waals surface area contributed by atoms with E-state index in [4.69, 9.17) is 15.9 Å². The van der Waals surface area contributed by atoms with Crippen LogP contribution in [0.5, 0.6) is 0 Å². The quantitative estimate of drug-likeness (QED) is 0.428. The molecule has 0 aromatic heterocycles. The van der Waals surface area contributed by atoms with Gasteiger partial charge in [0.15, 0.2) is 6.04 Å². The predicted octanol–water partition coefficient (Wildman–Crippen LogP) is -0.156. The van der Waals surface area contributed by atoms with E-state index in [0.717, 1.165) is 5.56 Å². The molecular formula is C12H14N2O4. The van der Waals surface area contributed by atoms with Crippen LogP contribution >= 0.6 is 0 Å². The van der Waals surface area contributed by atoms with E-state index in [9.17, 15) is 9.59 Å². The smallest absolute Gasteiger partial charge is 0.328 e. The van der Waals surface area contributed by atoms with Crippen molar-refractivity contribution in [3.05, 3.63) is 35.9 Å². The van der Waals surface area contributed by atoms with Gasteiger partial charge >= 0.3 is 5.97 Å². The number of hydrogen-bond donors (Lipinski definition) is 4. The number of rotatable bonds is 5. The Morgan fingerprint density at radius 3 is 2.72 bits per heavy atom. The second-order valence-corrected chi connectivity index (χ2v) is 3.59. The zero-order valence-electron chi connectivity index (χ0n) is 9.54. The second kappa shape index (κ2) is 6.41. The predicted molar refractivity (Wildman–Crippen MR) is 66.5 cm³/mol. The van der Waals surface area contributed by atoms with Gasteiger partial charge in [-0.1, -0.05) is 12.1 Å². The maximum Gasteiger partial charge on any atom is 0.328 e. The van der Waals surface area contributed by atoms with Gasteiger partial charge in [-0.3, -0.25) is 4.79 Å². The molecule has 0 radical (unpaired) electrons. The molecule has 1 aromatic carbocycles. The second-order valence-electron chi connectivity index (χ2n) is 3.59. The van der Waals surface area contributed by atoms with Crippen molar-refractivity contribution in [2.24, 2.45) is 0 Å². The fourth-order valence-corrected chi connectivity index (χ4v) is 1.24. The number of carboxylic acid groups (broad SMARTS) is 1. The number of carbonyl (C=O) groups is 2. The molecular weight excluding hydrogens is 236 g/mol. The highest BCUT2D eigenvalue weighted by atomic mass is 16.4. The van der Waals surface area contributed by atoms with Gasteiger partial charge in [0.25, 0.3) is 0 Å². The van der Waals surface area contributed by atoms with E-state index in [0.29, 0.717) is 5.69 Å². The van der Waals surface area contributed by atoms with Gasteiger partial charge in [0.2, 0.25) is 5.91 Å². The van der Waals surface area contributed by atoms with Gasteiger partial charge in [-0.15, -0.1) is 0 Å². The van der Waals surface area contributed by atoms with E-state index in [1.807, 2.05) is 0 Å². The third kappa shape index (κ3) is 4.26. The molecule has 0 unspecified atom stereocenters. The number of carbonyl (C=O) groups excluding carboxylic acids is 1. The fourth-order valence-electron chi connectivity index (χ4n) is 1.24. The van der Waals surface area contributed by atoms with Crippen LogP contribution in [-0.2, 0) is 9.59 Å². The summed E-state index contributed by atoms with van der Waals surface area (Å²) < 4.78 is 0. The van der Waals surface area contributed by atoms with Gasteiger partial charge in [-0.05, 0) is 23.8 Å². The van der Waals surface area contributed by atoms with Crippen LogP contribution in [0.25, 0.3) is 6.08 Å². The van der Waals surface area contributed by atoms with Crippen molar-refractivity contribution in [2.75, 3.05) is 12.3 Å². The molecule has 0 saturated heterocycles. The van der Waals surface area contributed by atoms with Crippen LogP contribution in [0, 0.1) is 0 Å². The SMILES string of the molecule is Nc1cccc(/C=C/C(=O)N[C@@H](CO)C(=O)O)c1. The lowest BCUT2D eigenvalue weighted by Gasteiger charge is -2.09. The summed E-state index contributed by atoms with van der Waals surface area (Å²) in [6, 6.07) is 5.57. The summed E-state index contributed by atoms with van der Waals surface area (Å²) in [4.78, 5) is 21.9. The summed E-state index contributed by atoms with van der Waals surface area (Å²) in [6.07, 6.45) is 2.68. The largest absolute Gasteiger partial charge is 0.480 e. The van der Waals surface area contributed by atoms with Crippen molar-refractivity contribution in [1.29, 1.82) is 0 Å². The molecule has 0 spiro atoms. The molecule has 18 heavy (non-hydrogen) atoms. The molecule has 96 valence electrons. The summed E-state index contributed by atoms with van der Waals surface area (Å²) in [5.74, 6) is -1.89. The van der Waals surface area contributed by atoms with Crippen LogP contribution in [0.2, 0.25) is 0 Å². The maximum absolute atomic E-state index is 11.4. The molecule has 0 aliphatic carbocycles. The lowest BCUT2D eigenvalue weighted by Crippen LogP contribution is -2.42. The standard InChI is InChI=1S/C12H14N2O4/c13-9-3-1-2-8(6-9)4-5-11(16)14-10(7-15)12(17)18/h1-6,10,15H,7,13H2,(H,14,16)(H,17,18)/b5-4+/t10-/m0/s1. The number of nitrogens with two attached hydrogens (primary N) is 1. The fraction of sp³-hybridized carbons (Fsp3) is 0.167. The monoisotopic (exact) mass is 250 g/mol. The van der Waals surface area contributed by atoms with Crippen LogP contribution < -0.4 is 11.1 Å². The van der Waals surface area contributed by atoms with E-state index in [1.54, 1.807) is 24.3 Å². The molecule has 0 heterocycles. The zero-order chi connectivity index (χ0) is 13.5. The van der Waals surface area contributed by atoms with E-state index in [-0.39, 0.29) is 0 Å². The Bertz CT molecular complexity index is 471. The van der Waals surface area contributed by atoms with E-state index >= 15 is 0 Å². The normalized spacial score (nSPS) is 12.3. The van der Waals surface area contributed by atoms with Crippen LogP contribution in [0.4, 0.5) is 5.69 Å². The number of aliphatic hydroxyl groups excluding tert-OH is 1. The summed E-state index contributed by atoms with van der Waals surface area (Å²) in [5, 5.41) is 19.5. The first-order valence-electron chi connectivity index (χ1n) is 5.20. The number of amides is 1. The minimum atomic E-state index is -1.30. The minimum absolute atomic E-state index is 0.566. The molecule has 0 aliphatic rings. The number of hydrogen-bond acceptors (Lipinski definition) is 4. The zero-order valence-corrected chi connectivity index (χ0v) is 9.54. The van der Waals surface area contributed by atoms with Crippen LogP contribution in [0.15, 0.2) is 30.3 Å². The van der Waals surface area contributed by atoms with Gasteiger partial charge < -0.3 is 21.3 Å².